The minimum atomic E-state index is -1.55. The Bertz CT molecular complexity index is 2630. The topological polar surface area (TPSA) is 7.12 Å². The molecule has 3 heteroatoms. The number of fused-ring (bicyclic) bond motifs is 12. The number of aryl methyl sites for hydroxylation is 2. The fourth-order valence-electron chi connectivity index (χ4n) is 10.4. The smallest absolute Gasteiger partial charge is 0.361 e. The van der Waals surface area contributed by atoms with E-state index >= 15 is 0 Å². The van der Waals surface area contributed by atoms with Gasteiger partial charge in [-0.15, -0.1) is 16.4 Å². The highest BCUT2D eigenvalue weighted by atomic mass is 15.2. The summed E-state index contributed by atoms with van der Waals surface area (Å²) in [6.07, 6.45) is 0.734. The van der Waals surface area contributed by atoms with Gasteiger partial charge in [0.25, 0.3) is 0 Å². The highest BCUT2D eigenvalue weighted by Crippen LogP contribution is 2.63. The molecule has 53 heavy (non-hydrogen) atoms. The lowest BCUT2D eigenvalue weighted by molar-refractivity contribution is -0.524. The van der Waals surface area contributed by atoms with E-state index in [1.807, 2.05) is 0 Å². The number of anilines is 3. The van der Waals surface area contributed by atoms with Crippen molar-refractivity contribution in [3.63, 3.8) is 0 Å². The number of nitrogens with zero attached hydrogens (tertiary/aromatic N) is 2. The summed E-state index contributed by atoms with van der Waals surface area (Å²) in [5, 5.41) is 0. The van der Waals surface area contributed by atoms with Gasteiger partial charge in [0.1, 0.15) is 6.20 Å². The summed E-state index contributed by atoms with van der Waals surface area (Å²) >= 11 is 0. The molecule has 2 aliphatic heterocycles. The standard InChI is InChI=1S/C50H37BN2/c1-34-24-28-48-44(31-34)50(42-21-11-9-19-39(42)40-20-10-12-22-43(40)50)45-32-35(2)25-29-49(45)53(48)38-26-27-41-46(33-38)51(36-15-5-3-6-16-36,37-17-7-4-8-18-37)52-30-14-13-23-47(41)52/h3-33H,1-2H3. The van der Waals surface area contributed by atoms with E-state index in [-0.39, 0.29) is 0 Å². The van der Waals surface area contributed by atoms with E-state index in [0.29, 0.717) is 0 Å². The lowest BCUT2D eigenvalue weighted by Gasteiger charge is -2.45. The molecule has 0 saturated heterocycles. The zero-order valence-electron chi connectivity index (χ0n) is 29.9. The van der Waals surface area contributed by atoms with Crippen molar-refractivity contribution < 1.29 is 4.48 Å². The van der Waals surface area contributed by atoms with Gasteiger partial charge in [0.15, 0.2) is 5.69 Å². The molecule has 0 amide bonds. The van der Waals surface area contributed by atoms with E-state index in [4.69, 9.17) is 0 Å². The molecule has 0 N–H and O–H groups in total. The van der Waals surface area contributed by atoms with E-state index in [9.17, 15) is 0 Å². The Kier molecular flexibility index (Phi) is 6.29. The van der Waals surface area contributed by atoms with Crippen LogP contribution in [0.25, 0.3) is 22.4 Å². The van der Waals surface area contributed by atoms with Crippen LogP contribution in [0.2, 0.25) is 0 Å². The van der Waals surface area contributed by atoms with Crippen LogP contribution in [0.5, 0.6) is 0 Å². The van der Waals surface area contributed by atoms with Crippen LogP contribution in [0.1, 0.15) is 33.4 Å². The SMILES string of the molecule is Cc1ccc2c(c1)C1(c3ccccc3-c3ccccc31)c1cc(C)ccc1N2c1ccc2c(c1)[B-](c1ccccc1)(c1ccccc1)[n+]1ccccc1-2. The van der Waals surface area contributed by atoms with Crippen LogP contribution in [0.3, 0.4) is 0 Å². The van der Waals surface area contributed by atoms with Crippen molar-refractivity contribution in [1.29, 1.82) is 0 Å². The third kappa shape index (κ3) is 3.86. The van der Waals surface area contributed by atoms with E-state index in [1.54, 1.807) is 0 Å². The Hall–Kier alpha value is -6.45. The Morgan fingerprint density at radius 1 is 0.453 bits per heavy atom. The van der Waals surface area contributed by atoms with Crippen LogP contribution in [-0.4, -0.2) is 6.28 Å². The van der Waals surface area contributed by atoms with Crippen molar-refractivity contribution in [2.24, 2.45) is 0 Å². The molecule has 0 unspecified atom stereocenters. The lowest BCUT2D eigenvalue weighted by Crippen LogP contribution is -2.82. The van der Waals surface area contributed by atoms with Gasteiger partial charge in [-0.25, -0.2) is 0 Å². The maximum absolute atomic E-state index is 2.55. The Balaban J connectivity index is 1.23. The molecule has 3 aliphatic rings. The predicted octanol–water partition coefficient (Wildman–Crippen LogP) is 9.23. The second kappa shape index (κ2) is 11.0. The molecule has 0 saturated carbocycles. The maximum Gasteiger partial charge on any atom is 0.361 e. The molecular formula is C50H37BN2. The molecule has 0 fully saturated rings. The molecule has 0 bridgehead atoms. The first-order valence-corrected chi connectivity index (χ1v) is 18.8. The number of rotatable bonds is 3. The Morgan fingerprint density at radius 3 is 1.57 bits per heavy atom. The summed E-state index contributed by atoms with van der Waals surface area (Å²) in [5.41, 5.74) is 20.2. The van der Waals surface area contributed by atoms with Gasteiger partial charge in [0.2, 0.25) is 0 Å². The molecule has 7 aromatic carbocycles. The van der Waals surface area contributed by atoms with Crippen molar-refractivity contribution in [3.05, 3.63) is 222 Å². The molecule has 8 aromatic rings. The van der Waals surface area contributed by atoms with E-state index in [0.717, 1.165) is 0 Å². The van der Waals surface area contributed by atoms with Gasteiger partial charge in [-0.2, -0.15) is 0 Å². The van der Waals surface area contributed by atoms with Crippen LogP contribution in [-0.2, 0) is 5.41 Å². The lowest BCUT2D eigenvalue weighted by atomic mass is 9.24. The quantitative estimate of drug-likeness (QED) is 0.169. The van der Waals surface area contributed by atoms with E-state index < -0.39 is 11.7 Å². The summed E-state index contributed by atoms with van der Waals surface area (Å²) in [6.45, 7) is 4.47. The molecule has 1 aromatic heterocycles. The zero-order valence-corrected chi connectivity index (χ0v) is 29.9. The minimum absolute atomic E-state index is 0.447. The fourth-order valence-corrected chi connectivity index (χ4v) is 10.4. The molecular weight excluding hydrogens is 639 g/mol. The van der Waals surface area contributed by atoms with Crippen molar-refractivity contribution in [2.45, 2.75) is 19.3 Å². The average Bonchev–Trinajstić information content (AvgIpc) is 3.68. The minimum Gasteiger partial charge on any atom is -0.408 e. The van der Waals surface area contributed by atoms with Gasteiger partial charge in [-0.3, -0.25) is 0 Å². The Labute approximate surface area is 311 Å². The van der Waals surface area contributed by atoms with Gasteiger partial charge in [-0.05, 0) is 77.6 Å². The molecule has 1 aliphatic carbocycles. The maximum atomic E-state index is 2.55. The second-order valence-electron chi connectivity index (χ2n) is 15.1. The number of hydrogen-bond donors (Lipinski definition) is 0. The molecule has 11 rings (SSSR count). The molecule has 1 spiro atoms. The van der Waals surface area contributed by atoms with Crippen LogP contribution in [0.4, 0.5) is 17.1 Å². The summed E-state index contributed by atoms with van der Waals surface area (Å²) in [6, 6.07) is 68.5. The number of benzene rings is 7. The fraction of sp³-hybridized carbons (Fsp3) is 0.0600. The van der Waals surface area contributed by atoms with Crippen molar-refractivity contribution in [2.75, 3.05) is 4.90 Å². The third-order valence-electron chi connectivity index (χ3n) is 12.4. The molecule has 0 atom stereocenters. The molecule has 3 heterocycles. The van der Waals surface area contributed by atoms with Crippen LogP contribution in [0, 0.1) is 13.8 Å². The van der Waals surface area contributed by atoms with Crippen LogP contribution < -0.4 is 25.8 Å². The highest BCUT2D eigenvalue weighted by molar-refractivity contribution is 7.07. The van der Waals surface area contributed by atoms with Gasteiger partial charge < -0.3 is 9.38 Å². The van der Waals surface area contributed by atoms with Gasteiger partial charge in [0, 0.05) is 17.3 Å². The van der Waals surface area contributed by atoms with Crippen LogP contribution in [0.15, 0.2) is 188 Å². The monoisotopic (exact) mass is 676 g/mol. The number of pyridine rings is 1. The molecule has 250 valence electrons. The number of aromatic nitrogens is 1. The van der Waals surface area contributed by atoms with Gasteiger partial charge in [0.05, 0.1) is 16.8 Å². The van der Waals surface area contributed by atoms with E-state index in [1.165, 1.54) is 89.2 Å². The summed E-state index contributed by atoms with van der Waals surface area (Å²) in [7, 11) is 0. The highest BCUT2D eigenvalue weighted by Gasteiger charge is 2.53. The van der Waals surface area contributed by atoms with Gasteiger partial charge in [-0.1, -0.05) is 157 Å². The first-order valence-electron chi connectivity index (χ1n) is 18.8. The van der Waals surface area contributed by atoms with Crippen molar-refractivity contribution in [1.82, 2.24) is 0 Å². The van der Waals surface area contributed by atoms with Crippen molar-refractivity contribution >= 4 is 39.7 Å². The molecule has 2 nitrogen and oxygen atoms in total. The molecule has 0 radical (unpaired) electrons. The largest absolute Gasteiger partial charge is 0.408 e. The third-order valence-corrected chi connectivity index (χ3v) is 12.4. The normalized spacial score (nSPS) is 14.9. The van der Waals surface area contributed by atoms with E-state index in [2.05, 4.69) is 211 Å². The summed E-state index contributed by atoms with van der Waals surface area (Å²) < 4.78 is 2.55. The average molecular weight is 677 g/mol. The second-order valence-corrected chi connectivity index (χ2v) is 15.1. The first kappa shape index (κ1) is 30.2. The zero-order chi connectivity index (χ0) is 35.3. The summed E-state index contributed by atoms with van der Waals surface area (Å²) in [5.74, 6) is 0. The van der Waals surface area contributed by atoms with Crippen LogP contribution >= 0.6 is 0 Å². The number of hydrogen-bond acceptors (Lipinski definition) is 1. The summed E-state index contributed by atoms with van der Waals surface area (Å²) in [4.78, 5) is 2.54. The Morgan fingerprint density at radius 2 is 0.981 bits per heavy atom. The first-order chi connectivity index (χ1) is 26.1. The predicted molar refractivity (Wildman–Crippen MR) is 220 cm³/mol. The van der Waals surface area contributed by atoms with Gasteiger partial charge >= 0.3 is 6.28 Å². The van der Waals surface area contributed by atoms with Crippen molar-refractivity contribution in [3.8, 4) is 22.4 Å².